The fourth-order valence-corrected chi connectivity index (χ4v) is 2.19. The van der Waals surface area contributed by atoms with Crippen LogP contribution in [0.2, 0.25) is 0 Å². The maximum Gasteiger partial charge on any atom is 0.0963 e. The maximum atomic E-state index is 9.58. The van der Waals surface area contributed by atoms with E-state index in [1.807, 2.05) is 0 Å². The Kier molecular flexibility index (Phi) is 2.83. The molecule has 1 heterocycles. The number of hydrogen-bond donors (Lipinski definition) is 2. The zero-order valence-corrected chi connectivity index (χ0v) is 8.00. The summed E-state index contributed by atoms with van der Waals surface area (Å²) in [5, 5.41) is 12.9. The van der Waals surface area contributed by atoms with Crippen LogP contribution in [0.25, 0.3) is 0 Å². The SMILES string of the molecule is OC1CCCC1CNC1=NCCC1. The molecule has 2 atom stereocenters. The van der Waals surface area contributed by atoms with E-state index in [0.29, 0.717) is 5.92 Å². The van der Waals surface area contributed by atoms with Crippen molar-refractivity contribution in [2.75, 3.05) is 13.1 Å². The number of hydrogen-bond acceptors (Lipinski definition) is 3. The van der Waals surface area contributed by atoms with Crippen LogP contribution < -0.4 is 5.32 Å². The van der Waals surface area contributed by atoms with E-state index in [-0.39, 0.29) is 6.10 Å². The lowest BCUT2D eigenvalue weighted by Crippen LogP contribution is -2.31. The molecule has 1 aliphatic carbocycles. The Labute approximate surface area is 79.3 Å². The first kappa shape index (κ1) is 9.00. The quantitative estimate of drug-likeness (QED) is 0.667. The second-order valence-corrected chi connectivity index (χ2v) is 4.07. The Morgan fingerprint density at radius 2 is 2.31 bits per heavy atom. The first-order valence-electron chi connectivity index (χ1n) is 5.31. The van der Waals surface area contributed by atoms with Crippen molar-refractivity contribution in [2.45, 2.75) is 38.2 Å². The Balaban J connectivity index is 1.72. The summed E-state index contributed by atoms with van der Waals surface area (Å²) in [6, 6.07) is 0. The van der Waals surface area contributed by atoms with Gasteiger partial charge < -0.3 is 10.4 Å². The minimum Gasteiger partial charge on any atom is -0.393 e. The second kappa shape index (κ2) is 4.09. The summed E-state index contributed by atoms with van der Waals surface area (Å²) in [5.41, 5.74) is 0. The Hall–Kier alpha value is -0.570. The van der Waals surface area contributed by atoms with Crippen LogP contribution in [-0.4, -0.2) is 30.1 Å². The van der Waals surface area contributed by atoms with Crippen LogP contribution in [0, 0.1) is 5.92 Å². The average molecular weight is 182 g/mol. The minimum atomic E-state index is -0.0745. The van der Waals surface area contributed by atoms with Crippen LogP contribution in [0.4, 0.5) is 0 Å². The van der Waals surface area contributed by atoms with Gasteiger partial charge in [-0.15, -0.1) is 0 Å². The van der Waals surface area contributed by atoms with Gasteiger partial charge in [0, 0.05) is 25.4 Å². The molecule has 0 aromatic heterocycles. The van der Waals surface area contributed by atoms with Crippen LogP contribution >= 0.6 is 0 Å². The molecule has 1 fully saturated rings. The molecule has 2 aliphatic rings. The molecule has 0 radical (unpaired) electrons. The summed E-state index contributed by atoms with van der Waals surface area (Å²) in [4.78, 5) is 4.35. The van der Waals surface area contributed by atoms with Crippen LogP contribution in [0.15, 0.2) is 4.99 Å². The van der Waals surface area contributed by atoms with E-state index in [4.69, 9.17) is 0 Å². The van der Waals surface area contributed by atoms with Crippen molar-refractivity contribution in [3.8, 4) is 0 Å². The normalized spacial score (nSPS) is 33.5. The van der Waals surface area contributed by atoms with Gasteiger partial charge in [0.05, 0.1) is 11.9 Å². The molecule has 0 saturated heterocycles. The Bertz CT molecular complexity index is 203. The molecular formula is C10H18N2O. The molecule has 0 bridgehead atoms. The highest BCUT2D eigenvalue weighted by Crippen LogP contribution is 2.24. The van der Waals surface area contributed by atoms with Gasteiger partial charge in [-0.2, -0.15) is 0 Å². The van der Waals surface area contributed by atoms with Gasteiger partial charge in [-0.25, -0.2) is 0 Å². The van der Waals surface area contributed by atoms with Gasteiger partial charge in [0.15, 0.2) is 0 Å². The summed E-state index contributed by atoms with van der Waals surface area (Å²) >= 11 is 0. The third-order valence-corrected chi connectivity index (χ3v) is 3.06. The Morgan fingerprint density at radius 1 is 1.38 bits per heavy atom. The zero-order valence-electron chi connectivity index (χ0n) is 8.00. The van der Waals surface area contributed by atoms with Crippen LogP contribution in [0.5, 0.6) is 0 Å². The van der Waals surface area contributed by atoms with Gasteiger partial charge >= 0.3 is 0 Å². The standard InChI is InChI=1S/C10H18N2O/c13-9-4-1-3-8(9)7-12-10-5-2-6-11-10/h8-9,13H,1-7H2,(H,11,12). The molecule has 2 N–H and O–H groups in total. The van der Waals surface area contributed by atoms with Crippen LogP contribution in [-0.2, 0) is 0 Å². The van der Waals surface area contributed by atoms with Crippen molar-refractivity contribution in [1.29, 1.82) is 0 Å². The molecule has 1 saturated carbocycles. The van der Waals surface area contributed by atoms with Crippen LogP contribution in [0.1, 0.15) is 32.1 Å². The van der Waals surface area contributed by atoms with Gasteiger partial charge in [0.2, 0.25) is 0 Å². The molecule has 13 heavy (non-hydrogen) atoms. The van der Waals surface area contributed by atoms with E-state index in [1.165, 1.54) is 19.3 Å². The van der Waals surface area contributed by atoms with E-state index < -0.39 is 0 Å². The molecular weight excluding hydrogens is 164 g/mol. The molecule has 1 aliphatic heterocycles. The van der Waals surface area contributed by atoms with Crippen molar-refractivity contribution in [1.82, 2.24) is 5.32 Å². The van der Waals surface area contributed by atoms with Gasteiger partial charge in [-0.05, 0) is 19.3 Å². The van der Waals surface area contributed by atoms with Gasteiger partial charge in [-0.1, -0.05) is 6.42 Å². The van der Waals surface area contributed by atoms with Crippen molar-refractivity contribution < 1.29 is 5.11 Å². The number of rotatable bonds is 2. The number of aliphatic hydroxyl groups excluding tert-OH is 1. The molecule has 2 unspecified atom stereocenters. The van der Waals surface area contributed by atoms with Crippen molar-refractivity contribution in [2.24, 2.45) is 10.9 Å². The first-order chi connectivity index (χ1) is 6.36. The molecule has 3 heteroatoms. The number of nitrogens with zero attached hydrogens (tertiary/aromatic N) is 1. The highest BCUT2D eigenvalue weighted by atomic mass is 16.3. The number of amidine groups is 1. The molecule has 2 rings (SSSR count). The highest BCUT2D eigenvalue weighted by Gasteiger charge is 2.25. The largest absolute Gasteiger partial charge is 0.393 e. The number of nitrogens with one attached hydrogen (secondary N) is 1. The van der Waals surface area contributed by atoms with E-state index >= 15 is 0 Å². The minimum absolute atomic E-state index is 0.0745. The van der Waals surface area contributed by atoms with Crippen molar-refractivity contribution in [3.63, 3.8) is 0 Å². The van der Waals surface area contributed by atoms with Gasteiger partial charge in [0.25, 0.3) is 0 Å². The molecule has 0 aromatic rings. The van der Waals surface area contributed by atoms with E-state index in [2.05, 4.69) is 10.3 Å². The fraction of sp³-hybridized carbons (Fsp3) is 0.900. The van der Waals surface area contributed by atoms with Crippen molar-refractivity contribution in [3.05, 3.63) is 0 Å². The molecule has 0 amide bonds. The summed E-state index contributed by atoms with van der Waals surface area (Å²) in [6.45, 7) is 1.90. The molecule has 0 aromatic carbocycles. The Morgan fingerprint density at radius 3 is 2.92 bits per heavy atom. The average Bonchev–Trinajstić information content (AvgIpc) is 2.72. The topological polar surface area (TPSA) is 44.6 Å². The summed E-state index contributed by atoms with van der Waals surface area (Å²) in [7, 11) is 0. The molecule has 74 valence electrons. The lowest BCUT2D eigenvalue weighted by Gasteiger charge is -2.15. The fourth-order valence-electron chi connectivity index (χ4n) is 2.19. The van der Waals surface area contributed by atoms with Gasteiger partial charge in [-0.3, -0.25) is 4.99 Å². The zero-order chi connectivity index (χ0) is 9.10. The highest BCUT2D eigenvalue weighted by molar-refractivity contribution is 5.83. The molecule has 3 nitrogen and oxygen atoms in total. The maximum absolute atomic E-state index is 9.58. The number of aliphatic imine (C=N–C) groups is 1. The van der Waals surface area contributed by atoms with Gasteiger partial charge in [0.1, 0.15) is 0 Å². The lowest BCUT2D eigenvalue weighted by atomic mass is 10.1. The predicted molar refractivity (Wildman–Crippen MR) is 52.9 cm³/mol. The van der Waals surface area contributed by atoms with E-state index in [9.17, 15) is 5.11 Å². The predicted octanol–water partition coefficient (Wildman–Crippen LogP) is 0.929. The van der Waals surface area contributed by atoms with Crippen molar-refractivity contribution >= 4 is 5.84 Å². The summed E-state index contributed by atoms with van der Waals surface area (Å²) < 4.78 is 0. The molecule has 0 spiro atoms. The third-order valence-electron chi connectivity index (χ3n) is 3.06. The number of aliphatic hydroxyl groups is 1. The lowest BCUT2D eigenvalue weighted by molar-refractivity contribution is 0.134. The summed E-state index contributed by atoms with van der Waals surface area (Å²) in [5.74, 6) is 1.61. The summed E-state index contributed by atoms with van der Waals surface area (Å²) in [6.07, 6.45) is 5.55. The smallest absolute Gasteiger partial charge is 0.0963 e. The van der Waals surface area contributed by atoms with E-state index in [0.717, 1.165) is 31.8 Å². The third kappa shape index (κ3) is 2.21. The first-order valence-corrected chi connectivity index (χ1v) is 5.31. The van der Waals surface area contributed by atoms with E-state index in [1.54, 1.807) is 0 Å². The van der Waals surface area contributed by atoms with Crippen LogP contribution in [0.3, 0.4) is 0 Å². The monoisotopic (exact) mass is 182 g/mol. The second-order valence-electron chi connectivity index (χ2n) is 4.07.